The van der Waals surface area contributed by atoms with E-state index in [1.54, 1.807) is 37.5 Å². The third kappa shape index (κ3) is 1.85. The van der Waals surface area contributed by atoms with Gasteiger partial charge in [-0.2, -0.15) is 0 Å². The van der Waals surface area contributed by atoms with Crippen molar-refractivity contribution in [2.45, 2.75) is 18.4 Å². The van der Waals surface area contributed by atoms with Crippen molar-refractivity contribution in [3.8, 4) is 0 Å². The topological polar surface area (TPSA) is 62.5 Å². The van der Waals surface area contributed by atoms with Crippen LogP contribution in [0.25, 0.3) is 0 Å². The van der Waals surface area contributed by atoms with Crippen molar-refractivity contribution < 1.29 is 9.90 Å². The molecule has 0 amide bonds. The molecular weight excluding hydrogens is 240 g/mol. The Bertz CT molecular complexity index is 498. The van der Waals surface area contributed by atoms with Gasteiger partial charge in [-0.1, -0.05) is 17.7 Å². The van der Waals surface area contributed by atoms with Gasteiger partial charge in [0.25, 0.3) is 0 Å². The fourth-order valence-corrected chi connectivity index (χ4v) is 2.22. The van der Waals surface area contributed by atoms with Crippen LogP contribution < -0.4 is 0 Å². The molecule has 4 nitrogen and oxygen atoms in total. The lowest BCUT2D eigenvalue weighted by Crippen LogP contribution is -2.44. The summed E-state index contributed by atoms with van der Waals surface area (Å²) >= 11 is 5.79. The van der Waals surface area contributed by atoms with Crippen LogP contribution in [0, 0.1) is 0 Å². The lowest BCUT2D eigenvalue weighted by atomic mass is 9.74. The Kier molecular flexibility index (Phi) is 2.98. The second kappa shape index (κ2) is 4.30. The second-order valence-electron chi connectivity index (χ2n) is 3.87. The molecule has 2 heterocycles. The van der Waals surface area contributed by atoms with Crippen LogP contribution in [0.1, 0.15) is 12.5 Å². The Morgan fingerprint density at radius 1 is 1.47 bits per heavy atom. The van der Waals surface area contributed by atoms with Crippen molar-refractivity contribution >= 4 is 22.7 Å². The van der Waals surface area contributed by atoms with E-state index in [2.05, 4.69) is 9.98 Å². The van der Waals surface area contributed by atoms with Crippen LogP contribution in [0.15, 0.2) is 41.7 Å². The van der Waals surface area contributed by atoms with Crippen LogP contribution in [0.2, 0.25) is 0 Å². The molecule has 2 unspecified atom stereocenters. The highest BCUT2D eigenvalue weighted by Crippen LogP contribution is 2.34. The number of hydrogen-bond donors (Lipinski definition) is 1. The first-order valence-corrected chi connectivity index (χ1v) is 5.51. The number of aliphatic imine (C=N–C) groups is 1. The number of pyridine rings is 1. The van der Waals surface area contributed by atoms with E-state index in [0.29, 0.717) is 10.7 Å². The van der Waals surface area contributed by atoms with Gasteiger partial charge in [0, 0.05) is 12.4 Å². The summed E-state index contributed by atoms with van der Waals surface area (Å²) < 4.78 is 0. The van der Waals surface area contributed by atoms with Crippen LogP contribution >= 0.6 is 11.6 Å². The van der Waals surface area contributed by atoms with E-state index in [0.717, 1.165) is 0 Å². The van der Waals surface area contributed by atoms with Gasteiger partial charge in [0.1, 0.15) is 10.6 Å². The number of allylic oxidation sites excluding steroid dienone is 1. The van der Waals surface area contributed by atoms with Crippen LogP contribution in [0.5, 0.6) is 0 Å². The second-order valence-corrected chi connectivity index (χ2v) is 4.26. The van der Waals surface area contributed by atoms with Crippen molar-refractivity contribution in [3.05, 3.63) is 42.2 Å². The average Bonchev–Trinajstić information content (AvgIpc) is 2.30. The monoisotopic (exact) mass is 250 g/mol. The Morgan fingerprint density at radius 3 is 2.65 bits per heavy atom. The predicted molar refractivity (Wildman–Crippen MR) is 65.4 cm³/mol. The smallest absolute Gasteiger partial charge is 0.320 e. The first-order valence-electron chi connectivity index (χ1n) is 5.14. The molecule has 88 valence electrons. The van der Waals surface area contributed by atoms with Gasteiger partial charge in [0.05, 0.1) is 6.04 Å². The maximum Gasteiger partial charge on any atom is 0.320 e. The molecule has 1 aromatic rings. The standard InChI is InChI=1S/C12H11ClN2O2/c1-8-12(11(16)17,5-2-10(13)15-8)9-3-6-14-7-4-9/h2-8H,1H3,(H,16,17). The van der Waals surface area contributed by atoms with Gasteiger partial charge in [0.2, 0.25) is 0 Å². The molecule has 0 bridgehead atoms. The minimum absolute atomic E-state index is 0.323. The van der Waals surface area contributed by atoms with Crippen molar-refractivity contribution in [1.29, 1.82) is 0 Å². The maximum absolute atomic E-state index is 11.6. The van der Waals surface area contributed by atoms with Gasteiger partial charge in [-0.05, 0) is 30.7 Å². The number of hydrogen-bond acceptors (Lipinski definition) is 3. The van der Waals surface area contributed by atoms with Crippen molar-refractivity contribution in [3.63, 3.8) is 0 Å². The number of nitrogens with zero attached hydrogens (tertiary/aromatic N) is 2. The third-order valence-electron chi connectivity index (χ3n) is 2.97. The molecule has 0 saturated carbocycles. The molecule has 17 heavy (non-hydrogen) atoms. The van der Waals surface area contributed by atoms with Gasteiger partial charge < -0.3 is 5.11 Å². The molecule has 1 aliphatic heterocycles. The van der Waals surface area contributed by atoms with Crippen LogP contribution in [-0.4, -0.2) is 27.3 Å². The van der Waals surface area contributed by atoms with E-state index in [-0.39, 0.29) is 0 Å². The van der Waals surface area contributed by atoms with Gasteiger partial charge in [-0.3, -0.25) is 14.8 Å². The number of aliphatic carboxylic acids is 1. The Balaban J connectivity index is 2.57. The molecule has 1 N–H and O–H groups in total. The quantitative estimate of drug-likeness (QED) is 0.873. The van der Waals surface area contributed by atoms with Crippen LogP contribution in [0.3, 0.4) is 0 Å². The highest BCUT2D eigenvalue weighted by Gasteiger charge is 2.45. The first-order chi connectivity index (χ1) is 8.07. The lowest BCUT2D eigenvalue weighted by molar-refractivity contribution is -0.142. The Labute approximate surface area is 104 Å². The van der Waals surface area contributed by atoms with E-state index >= 15 is 0 Å². The van der Waals surface area contributed by atoms with E-state index < -0.39 is 17.4 Å². The number of aromatic nitrogens is 1. The molecule has 1 aliphatic rings. The summed E-state index contributed by atoms with van der Waals surface area (Å²) in [5, 5.41) is 9.84. The van der Waals surface area contributed by atoms with E-state index in [4.69, 9.17) is 11.6 Å². The molecule has 0 aromatic carbocycles. The first kappa shape index (κ1) is 11.8. The molecule has 2 atom stereocenters. The Hall–Kier alpha value is -1.68. The zero-order valence-electron chi connectivity index (χ0n) is 9.17. The number of rotatable bonds is 2. The summed E-state index contributed by atoms with van der Waals surface area (Å²) in [5.74, 6) is -0.944. The zero-order chi connectivity index (χ0) is 12.5. The minimum Gasteiger partial charge on any atom is -0.480 e. The van der Waals surface area contributed by atoms with E-state index in [1.165, 1.54) is 6.08 Å². The van der Waals surface area contributed by atoms with Gasteiger partial charge in [-0.25, -0.2) is 0 Å². The number of halogens is 1. The molecular formula is C12H11ClN2O2. The zero-order valence-corrected chi connectivity index (χ0v) is 9.93. The van der Waals surface area contributed by atoms with Crippen molar-refractivity contribution in [2.75, 3.05) is 0 Å². The van der Waals surface area contributed by atoms with Gasteiger partial charge >= 0.3 is 5.97 Å². The lowest BCUT2D eigenvalue weighted by Gasteiger charge is -2.32. The Morgan fingerprint density at radius 2 is 2.12 bits per heavy atom. The molecule has 0 radical (unpaired) electrons. The minimum atomic E-state index is -1.17. The highest BCUT2D eigenvalue weighted by atomic mass is 35.5. The number of carbonyl (C=O) groups is 1. The maximum atomic E-state index is 11.6. The molecule has 1 aromatic heterocycles. The SMILES string of the molecule is CC1N=C(Cl)C=CC1(C(=O)O)c1ccncc1. The summed E-state index contributed by atoms with van der Waals surface area (Å²) in [4.78, 5) is 19.6. The molecule has 0 saturated heterocycles. The largest absolute Gasteiger partial charge is 0.480 e. The van der Waals surface area contributed by atoms with Crippen LogP contribution in [0.4, 0.5) is 0 Å². The molecule has 5 heteroatoms. The highest BCUT2D eigenvalue weighted by molar-refractivity contribution is 6.68. The summed E-state index contributed by atoms with van der Waals surface area (Å²) in [6.45, 7) is 1.74. The summed E-state index contributed by atoms with van der Waals surface area (Å²) in [6.07, 6.45) is 6.25. The average molecular weight is 251 g/mol. The fraction of sp³-hybridized carbons (Fsp3) is 0.250. The number of dihydropyridines is 1. The van der Waals surface area contributed by atoms with Crippen LogP contribution in [-0.2, 0) is 10.2 Å². The van der Waals surface area contributed by atoms with Gasteiger partial charge in [0.15, 0.2) is 0 Å². The van der Waals surface area contributed by atoms with E-state index in [9.17, 15) is 9.90 Å². The number of carboxylic acid groups (broad SMARTS) is 1. The predicted octanol–water partition coefficient (Wildman–Crippen LogP) is 2.00. The summed E-state index contributed by atoms with van der Waals surface area (Å²) in [6, 6.07) is 2.91. The fourth-order valence-electron chi connectivity index (χ4n) is 2.01. The number of carboxylic acids is 1. The van der Waals surface area contributed by atoms with Gasteiger partial charge in [-0.15, -0.1) is 0 Å². The van der Waals surface area contributed by atoms with Crippen molar-refractivity contribution in [2.24, 2.45) is 4.99 Å². The molecule has 0 fully saturated rings. The third-order valence-corrected chi connectivity index (χ3v) is 3.20. The normalized spacial score (nSPS) is 27.6. The summed E-state index contributed by atoms with van der Waals surface area (Å²) in [5.41, 5.74) is -0.516. The summed E-state index contributed by atoms with van der Waals surface area (Å²) in [7, 11) is 0. The van der Waals surface area contributed by atoms with Crippen molar-refractivity contribution in [1.82, 2.24) is 4.98 Å². The van der Waals surface area contributed by atoms with E-state index in [1.807, 2.05) is 0 Å². The molecule has 2 rings (SSSR count). The molecule has 0 spiro atoms. The molecule has 0 aliphatic carbocycles.